The van der Waals surface area contributed by atoms with Gasteiger partial charge in [0.1, 0.15) is 5.75 Å². The average Bonchev–Trinajstić information content (AvgIpc) is 2.95. The predicted molar refractivity (Wildman–Crippen MR) is 106 cm³/mol. The molecular weight excluding hydrogens is 412 g/mol. The Morgan fingerprint density at radius 2 is 1.93 bits per heavy atom. The summed E-state index contributed by atoms with van der Waals surface area (Å²) in [6.45, 7) is 2.13. The summed E-state index contributed by atoms with van der Waals surface area (Å²) in [5.74, 6) is 0.679. The Balaban J connectivity index is 1.88. The van der Waals surface area contributed by atoms with E-state index in [0.29, 0.717) is 30.0 Å². The third-order valence-electron chi connectivity index (χ3n) is 4.26. The second-order valence-electron chi connectivity index (χ2n) is 6.14. The second kappa shape index (κ2) is 7.21. The predicted octanol–water partition coefficient (Wildman–Crippen LogP) is 3.00. The zero-order valence-corrected chi connectivity index (χ0v) is 17.2. The van der Waals surface area contributed by atoms with Gasteiger partial charge in [-0.05, 0) is 55.3 Å². The number of sulfonamides is 2. The highest BCUT2D eigenvalue weighted by atomic mass is 35.5. The van der Waals surface area contributed by atoms with E-state index >= 15 is 0 Å². The molecule has 0 radical (unpaired) electrons. The lowest BCUT2D eigenvalue weighted by molar-refractivity contribution is 0.411. The standard InChI is InChI=1S/C17H19ClN2O5S2/c1-12-10-14(5-7-17(12)25-2)27(23,24)19-16-6-4-13(11-15(16)18)20-8-3-9-26(20,21)22/h4-7,10-11,19H,3,8-9H2,1-2H3. The zero-order valence-electron chi connectivity index (χ0n) is 14.8. The second-order valence-corrected chi connectivity index (χ2v) is 10.2. The van der Waals surface area contributed by atoms with Gasteiger partial charge in [-0.3, -0.25) is 9.03 Å². The van der Waals surface area contributed by atoms with Crippen molar-refractivity contribution < 1.29 is 21.6 Å². The van der Waals surface area contributed by atoms with Crippen molar-refractivity contribution in [3.8, 4) is 5.75 Å². The molecule has 1 heterocycles. The fourth-order valence-corrected chi connectivity index (χ4v) is 5.89. The van der Waals surface area contributed by atoms with Gasteiger partial charge in [-0.15, -0.1) is 0 Å². The molecule has 2 aromatic carbocycles. The van der Waals surface area contributed by atoms with Crippen LogP contribution in [0.25, 0.3) is 0 Å². The highest BCUT2D eigenvalue weighted by Gasteiger charge is 2.29. The zero-order chi connectivity index (χ0) is 19.8. The van der Waals surface area contributed by atoms with Crippen LogP contribution in [-0.2, 0) is 20.0 Å². The van der Waals surface area contributed by atoms with Gasteiger partial charge in [-0.2, -0.15) is 0 Å². The minimum absolute atomic E-state index is 0.0723. The van der Waals surface area contributed by atoms with E-state index in [4.69, 9.17) is 16.3 Å². The molecule has 0 atom stereocenters. The molecule has 3 rings (SSSR count). The quantitative estimate of drug-likeness (QED) is 0.787. The van der Waals surface area contributed by atoms with Crippen LogP contribution in [0, 0.1) is 6.92 Å². The summed E-state index contributed by atoms with van der Waals surface area (Å²) in [5.41, 5.74) is 1.27. The first kappa shape index (κ1) is 19.8. The molecule has 0 aliphatic carbocycles. The van der Waals surface area contributed by atoms with Crippen LogP contribution in [0.1, 0.15) is 12.0 Å². The molecule has 0 bridgehead atoms. The molecule has 1 saturated heterocycles. The van der Waals surface area contributed by atoms with Gasteiger partial charge >= 0.3 is 0 Å². The Kier molecular flexibility index (Phi) is 5.29. The highest BCUT2D eigenvalue weighted by Crippen LogP contribution is 2.32. The molecular formula is C17H19ClN2O5S2. The summed E-state index contributed by atoms with van der Waals surface area (Å²) in [4.78, 5) is 0.0723. The first-order valence-corrected chi connectivity index (χ1v) is 11.6. The summed E-state index contributed by atoms with van der Waals surface area (Å²) >= 11 is 6.20. The van der Waals surface area contributed by atoms with Crippen molar-refractivity contribution in [3.05, 3.63) is 47.0 Å². The van der Waals surface area contributed by atoms with Crippen molar-refractivity contribution in [1.29, 1.82) is 0 Å². The van der Waals surface area contributed by atoms with Crippen molar-refractivity contribution in [2.75, 3.05) is 28.4 Å². The normalized spacial score (nSPS) is 16.3. The van der Waals surface area contributed by atoms with E-state index in [-0.39, 0.29) is 21.4 Å². The topological polar surface area (TPSA) is 92.8 Å². The van der Waals surface area contributed by atoms with E-state index in [1.807, 2.05) is 0 Å². The number of halogens is 1. The molecule has 0 unspecified atom stereocenters. The van der Waals surface area contributed by atoms with Gasteiger partial charge in [0.2, 0.25) is 10.0 Å². The molecule has 27 heavy (non-hydrogen) atoms. The Morgan fingerprint density at radius 3 is 2.48 bits per heavy atom. The summed E-state index contributed by atoms with van der Waals surface area (Å²) < 4.78 is 58.2. The monoisotopic (exact) mass is 430 g/mol. The number of ether oxygens (including phenoxy) is 1. The number of anilines is 2. The lowest BCUT2D eigenvalue weighted by atomic mass is 10.2. The van der Waals surface area contributed by atoms with Crippen molar-refractivity contribution in [2.45, 2.75) is 18.2 Å². The first-order valence-electron chi connectivity index (χ1n) is 8.11. The molecule has 7 nitrogen and oxygen atoms in total. The number of methoxy groups -OCH3 is 1. The van der Waals surface area contributed by atoms with Gasteiger partial charge in [0, 0.05) is 6.54 Å². The number of hydrogen-bond donors (Lipinski definition) is 1. The minimum atomic E-state index is -3.86. The van der Waals surface area contributed by atoms with E-state index in [9.17, 15) is 16.8 Å². The van der Waals surface area contributed by atoms with Gasteiger partial charge in [0.15, 0.2) is 0 Å². The molecule has 1 fully saturated rings. The minimum Gasteiger partial charge on any atom is -0.496 e. The van der Waals surface area contributed by atoms with Crippen LogP contribution in [0.3, 0.4) is 0 Å². The van der Waals surface area contributed by atoms with E-state index in [1.54, 1.807) is 13.0 Å². The van der Waals surface area contributed by atoms with Crippen LogP contribution in [0.5, 0.6) is 5.75 Å². The molecule has 1 aliphatic rings. The van der Waals surface area contributed by atoms with Crippen molar-refractivity contribution in [1.82, 2.24) is 0 Å². The van der Waals surface area contributed by atoms with Crippen molar-refractivity contribution in [2.24, 2.45) is 0 Å². The maximum atomic E-state index is 12.6. The largest absolute Gasteiger partial charge is 0.496 e. The number of hydrogen-bond acceptors (Lipinski definition) is 5. The van der Waals surface area contributed by atoms with Crippen LogP contribution in [0.2, 0.25) is 5.02 Å². The molecule has 0 aromatic heterocycles. The number of nitrogens with zero attached hydrogens (tertiary/aromatic N) is 1. The Hall–Kier alpha value is -1.97. The SMILES string of the molecule is COc1ccc(S(=O)(=O)Nc2ccc(N3CCCS3(=O)=O)cc2Cl)cc1C. The van der Waals surface area contributed by atoms with Gasteiger partial charge in [-0.1, -0.05) is 11.6 Å². The fourth-order valence-electron chi connectivity index (χ4n) is 2.89. The maximum absolute atomic E-state index is 12.6. The summed E-state index contributed by atoms with van der Waals surface area (Å²) in [5, 5.41) is 0.114. The highest BCUT2D eigenvalue weighted by molar-refractivity contribution is 7.93. The molecule has 0 amide bonds. The van der Waals surface area contributed by atoms with E-state index in [1.165, 1.54) is 41.7 Å². The molecule has 0 spiro atoms. The van der Waals surface area contributed by atoms with Crippen LogP contribution in [-0.4, -0.2) is 36.2 Å². The van der Waals surface area contributed by atoms with Crippen molar-refractivity contribution >= 4 is 43.0 Å². The molecule has 10 heteroatoms. The molecule has 1 N–H and O–H groups in total. The smallest absolute Gasteiger partial charge is 0.261 e. The summed E-state index contributed by atoms with van der Waals surface area (Å²) in [6, 6.07) is 8.95. The van der Waals surface area contributed by atoms with Crippen LogP contribution >= 0.6 is 11.6 Å². The van der Waals surface area contributed by atoms with E-state index in [2.05, 4.69) is 4.72 Å². The third-order valence-corrected chi connectivity index (χ3v) is 7.81. The van der Waals surface area contributed by atoms with E-state index in [0.717, 1.165) is 0 Å². The third kappa shape index (κ3) is 3.99. The van der Waals surface area contributed by atoms with Crippen LogP contribution in [0.15, 0.2) is 41.3 Å². The van der Waals surface area contributed by atoms with E-state index < -0.39 is 20.0 Å². The molecule has 146 valence electrons. The maximum Gasteiger partial charge on any atom is 0.261 e. The summed E-state index contributed by atoms with van der Waals surface area (Å²) in [7, 11) is -5.68. The first-order chi connectivity index (χ1) is 12.6. The van der Waals surface area contributed by atoms with Gasteiger partial charge in [0.25, 0.3) is 10.0 Å². The van der Waals surface area contributed by atoms with Gasteiger partial charge in [-0.25, -0.2) is 16.8 Å². The summed E-state index contributed by atoms with van der Waals surface area (Å²) in [6.07, 6.45) is 0.547. The number of nitrogens with one attached hydrogen (secondary N) is 1. The van der Waals surface area contributed by atoms with Crippen LogP contribution < -0.4 is 13.8 Å². The molecule has 0 saturated carbocycles. The number of aryl methyl sites for hydroxylation is 1. The Bertz CT molecular complexity index is 1080. The van der Waals surface area contributed by atoms with Gasteiger partial charge < -0.3 is 4.74 Å². The Morgan fingerprint density at radius 1 is 1.19 bits per heavy atom. The number of rotatable bonds is 5. The van der Waals surface area contributed by atoms with Crippen molar-refractivity contribution in [3.63, 3.8) is 0 Å². The molecule has 2 aromatic rings. The molecule has 1 aliphatic heterocycles. The van der Waals surface area contributed by atoms with Crippen LogP contribution in [0.4, 0.5) is 11.4 Å². The lowest BCUT2D eigenvalue weighted by Gasteiger charge is -2.18. The average molecular weight is 431 g/mol. The Labute approximate surface area is 164 Å². The fraction of sp³-hybridized carbons (Fsp3) is 0.294. The van der Waals surface area contributed by atoms with Gasteiger partial charge in [0.05, 0.1) is 34.2 Å². The number of benzene rings is 2. The lowest BCUT2D eigenvalue weighted by Crippen LogP contribution is -2.25.